The molecule has 1 aliphatic heterocycles. The quantitative estimate of drug-likeness (QED) is 0.644. The number of hydrogen-bond donors (Lipinski definition) is 3. The summed E-state index contributed by atoms with van der Waals surface area (Å²) in [6.07, 6.45) is 0.627. The van der Waals surface area contributed by atoms with Crippen molar-refractivity contribution in [3.05, 3.63) is 0 Å². The number of carbonyl (C=O) groups is 3. The summed E-state index contributed by atoms with van der Waals surface area (Å²) in [6, 6.07) is 0. The maximum atomic E-state index is 12.2. The fourth-order valence-electron chi connectivity index (χ4n) is 3.66. The Balaban J connectivity index is 2.02. The highest BCUT2D eigenvalue weighted by atomic mass is 16.3. The van der Waals surface area contributed by atoms with Gasteiger partial charge in [0.15, 0.2) is 5.78 Å². The fourth-order valence-corrected chi connectivity index (χ4v) is 3.66. The van der Waals surface area contributed by atoms with Crippen LogP contribution in [0.1, 0.15) is 46.0 Å². The van der Waals surface area contributed by atoms with Gasteiger partial charge in [-0.05, 0) is 38.0 Å². The standard InChI is InChI=1S/C15H23NO5/c1-8-3-10(14(20)15(2,21)7-8)11(17)4-9-5-12(18)16-13(19)6-9/h8-11,17,21H,3-7H2,1-2H3,(H,16,18,19)/t8-,10+,11-,15-/m1/s1. The lowest BCUT2D eigenvalue weighted by molar-refractivity contribution is -0.152. The van der Waals surface area contributed by atoms with Gasteiger partial charge in [0, 0.05) is 18.8 Å². The van der Waals surface area contributed by atoms with Crippen molar-refractivity contribution in [2.45, 2.75) is 57.7 Å². The first-order valence-corrected chi connectivity index (χ1v) is 7.46. The highest BCUT2D eigenvalue weighted by Gasteiger charge is 2.45. The van der Waals surface area contributed by atoms with Crippen LogP contribution in [0, 0.1) is 17.8 Å². The Labute approximate surface area is 123 Å². The Morgan fingerprint density at radius 1 is 1.29 bits per heavy atom. The normalized spacial score (nSPS) is 36.5. The molecule has 2 aliphatic rings. The maximum Gasteiger partial charge on any atom is 0.226 e. The van der Waals surface area contributed by atoms with Gasteiger partial charge in [0.05, 0.1) is 6.10 Å². The number of ketones is 1. The number of amides is 2. The number of rotatable bonds is 3. The molecule has 6 nitrogen and oxygen atoms in total. The number of carbonyl (C=O) groups excluding carboxylic acids is 3. The van der Waals surface area contributed by atoms with E-state index in [0.717, 1.165) is 0 Å². The predicted octanol–water partition coefficient (Wildman–Crippen LogP) is 0.156. The van der Waals surface area contributed by atoms with Crippen LogP contribution in [0.15, 0.2) is 0 Å². The largest absolute Gasteiger partial charge is 0.392 e. The zero-order chi connectivity index (χ0) is 15.8. The molecule has 21 heavy (non-hydrogen) atoms. The molecule has 0 aromatic carbocycles. The monoisotopic (exact) mass is 297 g/mol. The van der Waals surface area contributed by atoms with Crippen molar-refractivity contribution in [3.63, 3.8) is 0 Å². The first-order chi connectivity index (χ1) is 9.69. The molecule has 2 amide bonds. The van der Waals surface area contributed by atoms with Crippen molar-refractivity contribution in [2.24, 2.45) is 17.8 Å². The number of imide groups is 1. The van der Waals surface area contributed by atoms with Crippen LogP contribution >= 0.6 is 0 Å². The average Bonchev–Trinajstić information content (AvgIpc) is 2.31. The number of nitrogens with one attached hydrogen (secondary N) is 1. The fraction of sp³-hybridized carbons (Fsp3) is 0.800. The third-order valence-electron chi connectivity index (χ3n) is 4.54. The van der Waals surface area contributed by atoms with Crippen molar-refractivity contribution >= 4 is 17.6 Å². The maximum absolute atomic E-state index is 12.2. The van der Waals surface area contributed by atoms with Crippen LogP contribution in [0.3, 0.4) is 0 Å². The minimum absolute atomic E-state index is 0.147. The summed E-state index contributed by atoms with van der Waals surface area (Å²) in [6.45, 7) is 3.43. The van der Waals surface area contributed by atoms with Crippen molar-refractivity contribution < 1.29 is 24.6 Å². The van der Waals surface area contributed by atoms with E-state index < -0.39 is 17.6 Å². The molecule has 118 valence electrons. The van der Waals surface area contributed by atoms with Gasteiger partial charge in [0.25, 0.3) is 0 Å². The molecule has 1 saturated carbocycles. The van der Waals surface area contributed by atoms with Gasteiger partial charge in [-0.3, -0.25) is 19.7 Å². The van der Waals surface area contributed by atoms with E-state index in [2.05, 4.69) is 5.32 Å². The molecule has 3 N–H and O–H groups in total. The summed E-state index contributed by atoms with van der Waals surface area (Å²) in [5.74, 6) is -1.72. The first-order valence-electron chi connectivity index (χ1n) is 7.46. The van der Waals surface area contributed by atoms with Crippen LogP contribution in [0.5, 0.6) is 0 Å². The van der Waals surface area contributed by atoms with Crippen molar-refractivity contribution in [1.29, 1.82) is 0 Å². The second-order valence-electron chi connectivity index (χ2n) is 6.84. The molecule has 0 aromatic heterocycles. The van der Waals surface area contributed by atoms with Gasteiger partial charge < -0.3 is 10.2 Å². The summed E-state index contributed by atoms with van der Waals surface area (Å²) in [4.78, 5) is 34.9. The summed E-state index contributed by atoms with van der Waals surface area (Å²) in [5, 5.41) is 22.7. The Bertz CT molecular complexity index is 443. The molecule has 0 aromatic rings. The van der Waals surface area contributed by atoms with E-state index in [1.165, 1.54) is 6.92 Å². The predicted molar refractivity (Wildman–Crippen MR) is 74.0 cm³/mol. The molecular weight excluding hydrogens is 274 g/mol. The summed E-state index contributed by atoms with van der Waals surface area (Å²) in [5.41, 5.74) is -1.40. The van der Waals surface area contributed by atoms with Crippen LogP contribution in [-0.4, -0.2) is 39.5 Å². The molecule has 1 heterocycles. The SMILES string of the molecule is C[C@@H]1C[C@@H]([C@H](O)CC2CC(=O)NC(=O)C2)C(=O)[C@](C)(O)C1. The van der Waals surface area contributed by atoms with E-state index in [1.54, 1.807) is 0 Å². The topological polar surface area (TPSA) is 104 Å². The van der Waals surface area contributed by atoms with Gasteiger partial charge in [-0.1, -0.05) is 6.92 Å². The zero-order valence-corrected chi connectivity index (χ0v) is 12.5. The number of Topliss-reactive ketones (excluding diaryl/α,β-unsaturated/α-hetero) is 1. The summed E-state index contributed by atoms with van der Waals surface area (Å²) < 4.78 is 0. The molecule has 2 rings (SSSR count). The lowest BCUT2D eigenvalue weighted by Gasteiger charge is -2.39. The van der Waals surface area contributed by atoms with Gasteiger partial charge in [-0.15, -0.1) is 0 Å². The van der Waals surface area contributed by atoms with E-state index in [9.17, 15) is 24.6 Å². The van der Waals surface area contributed by atoms with Gasteiger partial charge in [0.1, 0.15) is 5.60 Å². The summed E-state index contributed by atoms with van der Waals surface area (Å²) >= 11 is 0. The van der Waals surface area contributed by atoms with Gasteiger partial charge in [-0.2, -0.15) is 0 Å². The number of piperidine rings is 1. The van der Waals surface area contributed by atoms with Gasteiger partial charge in [-0.25, -0.2) is 0 Å². The van der Waals surface area contributed by atoms with Crippen LogP contribution in [-0.2, 0) is 14.4 Å². The van der Waals surface area contributed by atoms with Crippen molar-refractivity contribution in [1.82, 2.24) is 5.32 Å². The second kappa shape index (κ2) is 5.85. The number of aliphatic hydroxyl groups excluding tert-OH is 1. The summed E-state index contributed by atoms with van der Waals surface area (Å²) in [7, 11) is 0. The van der Waals surface area contributed by atoms with Crippen LogP contribution in [0.4, 0.5) is 0 Å². The van der Waals surface area contributed by atoms with Crippen LogP contribution in [0.25, 0.3) is 0 Å². The van der Waals surface area contributed by atoms with Crippen LogP contribution < -0.4 is 5.32 Å². The molecule has 1 aliphatic carbocycles. The van der Waals surface area contributed by atoms with E-state index >= 15 is 0 Å². The second-order valence-corrected chi connectivity index (χ2v) is 6.84. The lowest BCUT2D eigenvalue weighted by Crippen LogP contribution is -2.50. The van der Waals surface area contributed by atoms with Crippen LogP contribution in [0.2, 0.25) is 0 Å². The Kier molecular flexibility index (Phi) is 4.49. The molecule has 4 atom stereocenters. The lowest BCUT2D eigenvalue weighted by atomic mass is 9.69. The Morgan fingerprint density at radius 2 is 1.86 bits per heavy atom. The minimum Gasteiger partial charge on any atom is -0.392 e. The molecule has 2 fully saturated rings. The highest BCUT2D eigenvalue weighted by Crippen LogP contribution is 2.36. The highest BCUT2D eigenvalue weighted by molar-refractivity contribution is 5.97. The van der Waals surface area contributed by atoms with E-state index in [0.29, 0.717) is 12.8 Å². The zero-order valence-electron chi connectivity index (χ0n) is 12.5. The molecular formula is C15H23NO5. The Morgan fingerprint density at radius 3 is 2.43 bits per heavy atom. The molecule has 0 unspecified atom stereocenters. The van der Waals surface area contributed by atoms with Gasteiger partial charge >= 0.3 is 0 Å². The smallest absolute Gasteiger partial charge is 0.226 e. The Hall–Kier alpha value is -1.27. The minimum atomic E-state index is -1.40. The average molecular weight is 297 g/mol. The van der Waals surface area contributed by atoms with Crippen molar-refractivity contribution in [3.8, 4) is 0 Å². The molecule has 0 radical (unpaired) electrons. The first kappa shape index (κ1) is 16.1. The van der Waals surface area contributed by atoms with Gasteiger partial charge in [0.2, 0.25) is 11.8 Å². The molecule has 0 bridgehead atoms. The third-order valence-corrected chi connectivity index (χ3v) is 4.54. The van der Waals surface area contributed by atoms with Crippen molar-refractivity contribution in [2.75, 3.05) is 0 Å². The number of aliphatic hydroxyl groups is 2. The third kappa shape index (κ3) is 3.68. The molecule has 6 heteroatoms. The van der Waals surface area contributed by atoms with E-state index in [4.69, 9.17) is 0 Å². The van der Waals surface area contributed by atoms with E-state index in [-0.39, 0.29) is 48.7 Å². The van der Waals surface area contributed by atoms with E-state index in [1.807, 2.05) is 6.92 Å². The number of hydrogen-bond acceptors (Lipinski definition) is 5. The molecule has 1 saturated heterocycles. The molecule has 0 spiro atoms.